The number of pyridine rings is 1. The van der Waals surface area contributed by atoms with Crippen molar-refractivity contribution in [1.82, 2.24) is 10.4 Å². The Labute approximate surface area is 137 Å². The monoisotopic (exact) mass is 311 g/mol. The fourth-order valence-electron chi connectivity index (χ4n) is 3.61. The van der Waals surface area contributed by atoms with Crippen molar-refractivity contribution in [2.24, 2.45) is 16.7 Å². The molecule has 122 valence electrons. The second-order valence-corrected chi connectivity index (χ2v) is 7.45. The van der Waals surface area contributed by atoms with Gasteiger partial charge in [0.05, 0.1) is 16.6 Å². The van der Waals surface area contributed by atoms with Gasteiger partial charge in [-0.05, 0) is 48.4 Å². The molecule has 4 heteroatoms. The number of hydrogen-bond acceptors (Lipinski definition) is 3. The Kier molecular flexibility index (Phi) is 3.78. The van der Waals surface area contributed by atoms with Crippen molar-refractivity contribution in [3.63, 3.8) is 0 Å². The third-order valence-corrected chi connectivity index (χ3v) is 6.19. The number of carbonyl (C=O) groups excluding carboxylic acids is 1. The predicted molar refractivity (Wildman–Crippen MR) is 93.8 cm³/mol. The summed E-state index contributed by atoms with van der Waals surface area (Å²) in [6, 6.07) is 9.76. The molecule has 1 aliphatic rings. The lowest BCUT2D eigenvalue weighted by Crippen LogP contribution is -2.48. The standard InChI is InChI=1S/C19H25N3O/c1-13-10-11-19(4,18(13,2)3)17(23)22-21-16-9-5-8-15-14(16)7-6-12-20-15/h5-9,12-13,21H,10-11H2,1-4H3,(H,22,23)/t13-,19-/m0/s1. The fraction of sp³-hybridized carbons (Fsp3) is 0.474. The number of nitrogens with one attached hydrogen (secondary N) is 2. The molecule has 1 fully saturated rings. The van der Waals surface area contributed by atoms with Crippen LogP contribution in [0.25, 0.3) is 10.9 Å². The molecule has 0 aliphatic heterocycles. The van der Waals surface area contributed by atoms with Gasteiger partial charge in [-0.3, -0.25) is 20.6 Å². The van der Waals surface area contributed by atoms with E-state index < -0.39 is 0 Å². The summed E-state index contributed by atoms with van der Waals surface area (Å²) in [5.74, 6) is 0.604. The Morgan fingerprint density at radius 2 is 2.00 bits per heavy atom. The van der Waals surface area contributed by atoms with Crippen molar-refractivity contribution in [2.75, 3.05) is 5.43 Å². The summed E-state index contributed by atoms with van der Waals surface area (Å²) >= 11 is 0. The maximum absolute atomic E-state index is 12.8. The number of fused-ring (bicyclic) bond motifs is 1. The van der Waals surface area contributed by atoms with Gasteiger partial charge < -0.3 is 0 Å². The van der Waals surface area contributed by atoms with Crippen molar-refractivity contribution in [3.8, 4) is 0 Å². The number of anilines is 1. The summed E-state index contributed by atoms with van der Waals surface area (Å²) in [4.78, 5) is 17.2. The Balaban J connectivity index is 1.79. The summed E-state index contributed by atoms with van der Waals surface area (Å²) in [5.41, 5.74) is 7.44. The molecule has 1 heterocycles. The number of benzene rings is 1. The number of aromatic nitrogens is 1. The van der Waals surface area contributed by atoms with Gasteiger partial charge in [-0.25, -0.2) is 0 Å². The lowest BCUT2D eigenvalue weighted by molar-refractivity contribution is -0.135. The van der Waals surface area contributed by atoms with E-state index in [2.05, 4.69) is 43.5 Å². The number of nitrogens with zero attached hydrogens (tertiary/aromatic N) is 1. The highest BCUT2D eigenvalue weighted by Crippen LogP contribution is 2.55. The summed E-state index contributed by atoms with van der Waals surface area (Å²) in [6.07, 6.45) is 3.79. The SMILES string of the molecule is C[C@H]1CC[C@@](C)(C(=O)NNc2cccc3ncccc23)C1(C)C. The summed E-state index contributed by atoms with van der Waals surface area (Å²) < 4.78 is 0. The van der Waals surface area contributed by atoms with Crippen LogP contribution < -0.4 is 10.9 Å². The van der Waals surface area contributed by atoms with E-state index >= 15 is 0 Å². The first-order valence-electron chi connectivity index (χ1n) is 8.26. The van der Waals surface area contributed by atoms with Crippen molar-refractivity contribution in [2.45, 2.75) is 40.5 Å². The number of carbonyl (C=O) groups is 1. The zero-order chi connectivity index (χ0) is 16.7. The number of amides is 1. The van der Waals surface area contributed by atoms with Crippen molar-refractivity contribution in [3.05, 3.63) is 36.5 Å². The molecule has 0 spiro atoms. The molecule has 0 bridgehead atoms. The Bertz CT molecular complexity index is 735. The summed E-state index contributed by atoms with van der Waals surface area (Å²) in [6.45, 7) is 8.72. The average molecular weight is 311 g/mol. The van der Waals surface area contributed by atoms with E-state index in [-0.39, 0.29) is 16.7 Å². The Hall–Kier alpha value is -2.10. The van der Waals surface area contributed by atoms with Gasteiger partial charge in [0.2, 0.25) is 5.91 Å². The molecule has 1 aromatic heterocycles. The Morgan fingerprint density at radius 3 is 2.70 bits per heavy atom. The maximum atomic E-state index is 12.8. The highest BCUT2D eigenvalue weighted by molar-refractivity contribution is 5.92. The quantitative estimate of drug-likeness (QED) is 0.838. The zero-order valence-electron chi connectivity index (χ0n) is 14.3. The van der Waals surface area contributed by atoms with Gasteiger partial charge in [-0.15, -0.1) is 0 Å². The van der Waals surface area contributed by atoms with Crippen LogP contribution in [0.4, 0.5) is 5.69 Å². The highest BCUT2D eigenvalue weighted by atomic mass is 16.2. The van der Waals surface area contributed by atoms with Crippen LogP contribution in [-0.4, -0.2) is 10.9 Å². The minimum absolute atomic E-state index is 0.0148. The molecule has 4 nitrogen and oxygen atoms in total. The molecular formula is C19H25N3O. The van der Waals surface area contributed by atoms with Crippen LogP contribution in [0.1, 0.15) is 40.5 Å². The van der Waals surface area contributed by atoms with Gasteiger partial charge in [0, 0.05) is 11.6 Å². The molecule has 0 radical (unpaired) electrons. The molecule has 1 saturated carbocycles. The predicted octanol–water partition coefficient (Wildman–Crippen LogP) is 4.14. The van der Waals surface area contributed by atoms with Crippen molar-refractivity contribution < 1.29 is 4.79 Å². The molecule has 0 saturated heterocycles. The van der Waals surface area contributed by atoms with Gasteiger partial charge in [0.1, 0.15) is 0 Å². The molecule has 1 aromatic carbocycles. The maximum Gasteiger partial charge on any atom is 0.244 e. The minimum atomic E-state index is -0.359. The molecule has 1 amide bonds. The van der Waals surface area contributed by atoms with E-state index in [4.69, 9.17) is 0 Å². The second-order valence-electron chi connectivity index (χ2n) is 7.45. The van der Waals surface area contributed by atoms with Crippen LogP contribution in [-0.2, 0) is 4.79 Å². The van der Waals surface area contributed by atoms with E-state index in [0.717, 1.165) is 29.4 Å². The van der Waals surface area contributed by atoms with Crippen LogP contribution in [0.5, 0.6) is 0 Å². The molecule has 1 aliphatic carbocycles. The first kappa shape index (κ1) is 15.8. The molecule has 2 N–H and O–H groups in total. The molecule has 2 aromatic rings. The third-order valence-electron chi connectivity index (χ3n) is 6.19. The average Bonchev–Trinajstić information content (AvgIpc) is 2.76. The fourth-order valence-corrected chi connectivity index (χ4v) is 3.61. The summed E-state index contributed by atoms with van der Waals surface area (Å²) in [7, 11) is 0. The number of hydrogen-bond donors (Lipinski definition) is 2. The van der Waals surface area contributed by atoms with Crippen molar-refractivity contribution in [1.29, 1.82) is 0 Å². The highest BCUT2D eigenvalue weighted by Gasteiger charge is 2.54. The lowest BCUT2D eigenvalue weighted by atomic mass is 9.66. The van der Waals surface area contributed by atoms with E-state index in [0.29, 0.717) is 5.92 Å². The van der Waals surface area contributed by atoms with Crippen LogP contribution >= 0.6 is 0 Å². The van der Waals surface area contributed by atoms with E-state index in [1.807, 2.05) is 30.3 Å². The van der Waals surface area contributed by atoms with Crippen LogP contribution in [0, 0.1) is 16.7 Å². The largest absolute Gasteiger partial charge is 0.298 e. The third kappa shape index (κ3) is 2.46. The lowest BCUT2D eigenvalue weighted by Gasteiger charge is -2.39. The van der Waals surface area contributed by atoms with E-state index in [1.54, 1.807) is 6.20 Å². The molecule has 23 heavy (non-hydrogen) atoms. The molecule has 0 unspecified atom stereocenters. The van der Waals surface area contributed by atoms with Gasteiger partial charge in [-0.1, -0.05) is 33.8 Å². The van der Waals surface area contributed by atoms with Gasteiger partial charge >= 0.3 is 0 Å². The second kappa shape index (κ2) is 5.52. The zero-order valence-corrected chi connectivity index (χ0v) is 14.3. The van der Waals surface area contributed by atoms with Gasteiger partial charge in [-0.2, -0.15) is 0 Å². The van der Waals surface area contributed by atoms with E-state index in [1.165, 1.54) is 0 Å². The number of hydrazine groups is 1. The van der Waals surface area contributed by atoms with Crippen molar-refractivity contribution >= 4 is 22.5 Å². The van der Waals surface area contributed by atoms with Crippen LogP contribution in [0.15, 0.2) is 36.5 Å². The minimum Gasteiger partial charge on any atom is -0.298 e. The first-order valence-corrected chi connectivity index (χ1v) is 8.26. The van der Waals surface area contributed by atoms with Crippen LogP contribution in [0.2, 0.25) is 0 Å². The smallest absolute Gasteiger partial charge is 0.244 e. The molecule has 2 atom stereocenters. The molecular weight excluding hydrogens is 286 g/mol. The Morgan fingerprint density at radius 1 is 1.22 bits per heavy atom. The first-order chi connectivity index (χ1) is 10.9. The molecule has 3 rings (SSSR count). The summed E-state index contributed by atoms with van der Waals surface area (Å²) in [5, 5.41) is 1.000. The normalized spacial score (nSPS) is 26.2. The topological polar surface area (TPSA) is 54.0 Å². The van der Waals surface area contributed by atoms with E-state index in [9.17, 15) is 4.79 Å². The van der Waals surface area contributed by atoms with Gasteiger partial charge in [0.15, 0.2) is 0 Å². The van der Waals surface area contributed by atoms with Crippen LogP contribution in [0.3, 0.4) is 0 Å². The van der Waals surface area contributed by atoms with Gasteiger partial charge in [0.25, 0.3) is 0 Å². The number of rotatable bonds is 3.